The van der Waals surface area contributed by atoms with Crippen molar-refractivity contribution >= 4 is 16.7 Å². The van der Waals surface area contributed by atoms with E-state index in [1.165, 1.54) is 6.20 Å². The number of hydrogen-bond acceptors (Lipinski definition) is 5. The van der Waals surface area contributed by atoms with E-state index in [9.17, 15) is 14.3 Å². The predicted octanol–water partition coefficient (Wildman–Crippen LogP) is 1.53. The summed E-state index contributed by atoms with van der Waals surface area (Å²) < 4.78 is 12.0. The van der Waals surface area contributed by atoms with E-state index in [1.807, 2.05) is 0 Å². The molecule has 6 nitrogen and oxygen atoms in total. The normalized spacial score (nSPS) is 16.4. The second-order valence-corrected chi connectivity index (χ2v) is 4.82. The van der Waals surface area contributed by atoms with Crippen LogP contribution in [0.5, 0.6) is 0 Å². The van der Waals surface area contributed by atoms with Gasteiger partial charge in [0.1, 0.15) is 11.1 Å². The Morgan fingerprint density at radius 1 is 1.24 bits per heavy atom. The quantitative estimate of drug-likeness (QED) is 0.480. The first kappa shape index (κ1) is 10.0. The summed E-state index contributed by atoms with van der Waals surface area (Å²) in [5, 5.41) is 10.6. The molecule has 84 valence electrons. The molecule has 0 radical (unpaired) electrons. The standard InChI is InChI=1S/C10H5N3O3S/c14-13(15)10-11-5-8-9(12-10)6-3-1-2-4-7(6)17(8)16/h1-5H. The minimum Gasteiger partial charge on any atom is -0.390 e. The Kier molecular flexibility index (Phi) is 2.02. The van der Waals surface area contributed by atoms with Crippen molar-refractivity contribution in [3.8, 4) is 11.3 Å². The lowest BCUT2D eigenvalue weighted by molar-refractivity contribution is -0.394. The average Bonchev–Trinajstić information content (AvgIpc) is 2.64. The first-order valence-electron chi connectivity index (χ1n) is 4.71. The fraction of sp³-hybridized carbons (Fsp3) is 0. The highest BCUT2D eigenvalue weighted by Gasteiger charge is 2.31. The largest absolute Gasteiger partial charge is 0.469 e. The van der Waals surface area contributed by atoms with Crippen LogP contribution in [0.15, 0.2) is 40.3 Å². The number of nitro groups is 1. The number of nitrogens with zero attached hydrogens (tertiary/aromatic N) is 3. The zero-order valence-corrected chi connectivity index (χ0v) is 9.18. The summed E-state index contributed by atoms with van der Waals surface area (Å²) >= 11 is 0. The van der Waals surface area contributed by atoms with Crippen molar-refractivity contribution in [2.75, 3.05) is 0 Å². The van der Waals surface area contributed by atoms with Gasteiger partial charge in [-0.25, -0.2) is 4.21 Å². The molecule has 0 aliphatic carbocycles. The van der Waals surface area contributed by atoms with Gasteiger partial charge in [0.2, 0.25) is 0 Å². The minimum absolute atomic E-state index is 0.389. The topological polar surface area (TPSA) is 86.0 Å². The number of aromatic nitrogens is 2. The SMILES string of the molecule is O=[N+]([O-])c1ncc2c(n1)-c1ccccc1S2=O. The molecular weight excluding hydrogens is 242 g/mol. The smallest absolute Gasteiger partial charge is 0.390 e. The van der Waals surface area contributed by atoms with E-state index in [-0.39, 0.29) is 0 Å². The first-order chi connectivity index (χ1) is 8.18. The molecule has 1 unspecified atom stereocenters. The number of fused-ring (bicyclic) bond motifs is 3. The average molecular weight is 247 g/mol. The van der Waals surface area contributed by atoms with E-state index in [1.54, 1.807) is 24.3 Å². The Morgan fingerprint density at radius 2 is 2.00 bits per heavy atom. The van der Waals surface area contributed by atoms with Crippen LogP contribution in [0.1, 0.15) is 0 Å². The Bertz CT molecular complexity index is 672. The van der Waals surface area contributed by atoms with Gasteiger partial charge in [0.15, 0.2) is 5.69 Å². The van der Waals surface area contributed by atoms with Gasteiger partial charge in [0, 0.05) is 5.56 Å². The summed E-state index contributed by atoms with van der Waals surface area (Å²) in [7, 11) is -1.34. The maximum atomic E-state index is 12.0. The van der Waals surface area contributed by atoms with Crippen LogP contribution in [0, 0.1) is 10.1 Å². The fourth-order valence-corrected chi connectivity index (χ4v) is 3.00. The van der Waals surface area contributed by atoms with Gasteiger partial charge in [0.25, 0.3) is 0 Å². The molecule has 1 aromatic carbocycles. The maximum absolute atomic E-state index is 12.0. The maximum Gasteiger partial charge on any atom is 0.469 e. The fourth-order valence-electron chi connectivity index (χ4n) is 1.72. The van der Waals surface area contributed by atoms with Gasteiger partial charge in [-0.2, -0.15) is 0 Å². The van der Waals surface area contributed by atoms with Crippen LogP contribution in [0.25, 0.3) is 11.3 Å². The van der Waals surface area contributed by atoms with Gasteiger partial charge >= 0.3 is 5.95 Å². The number of hydrogen-bond donors (Lipinski definition) is 0. The van der Waals surface area contributed by atoms with Crippen LogP contribution in [0.4, 0.5) is 5.95 Å². The van der Waals surface area contributed by atoms with Crippen molar-refractivity contribution in [2.24, 2.45) is 0 Å². The molecule has 0 spiro atoms. The van der Waals surface area contributed by atoms with Crippen molar-refractivity contribution in [2.45, 2.75) is 9.79 Å². The van der Waals surface area contributed by atoms with Crippen molar-refractivity contribution in [3.05, 3.63) is 40.6 Å². The van der Waals surface area contributed by atoms with Crippen molar-refractivity contribution in [3.63, 3.8) is 0 Å². The van der Waals surface area contributed by atoms with Crippen LogP contribution < -0.4 is 0 Å². The summed E-state index contributed by atoms with van der Waals surface area (Å²) in [5.41, 5.74) is 1.06. The van der Waals surface area contributed by atoms with Crippen molar-refractivity contribution in [1.29, 1.82) is 0 Å². The summed E-state index contributed by atoms with van der Waals surface area (Å²) in [6, 6.07) is 7.01. The third kappa shape index (κ3) is 1.36. The Hall–Kier alpha value is -2.15. The Balaban J connectivity index is 2.31. The van der Waals surface area contributed by atoms with E-state index < -0.39 is 21.7 Å². The van der Waals surface area contributed by atoms with Crippen LogP contribution >= 0.6 is 0 Å². The highest BCUT2D eigenvalue weighted by Crippen LogP contribution is 2.39. The van der Waals surface area contributed by atoms with E-state index in [4.69, 9.17) is 0 Å². The molecule has 1 aliphatic heterocycles. The third-order valence-electron chi connectivity index (χ3n) is 2.45. The summed E-state index contributed by atoms with van der Waals surface area (Å²) in [6.07, 6.45) is 1.26. The van der Waals surface area contributed by atoms with Gasteiger partial charge in [-0.05, 0) is 11.0 Å². The summed E-state index contributed by atoms with van der Waals surface area (Å²) in [5.74, 6) is -0.475. The van der Waals surface area contributed by atoms with Gasteiger partial charge in [0.05, 0.1) is 15.7 Å². The lowest BCUT2D eigenvalue weighted by Gasteiger charge is -1.94. The molecule has 2 heterocycles. The van der Waals surface area contributed by atoms with Gasteiger partial charge in [-0.3, -0.25) is 0 Å². The Morgan fingerprint density at radius 3 is 2.76 bits per heavy atom. The lowest BCUT2D eigenvalue weighted by atomic mass is 10.1. The highest BCUT2D eigenvalue weighted by atomic mass is 32.2. The van der Waals surface area contributed by atoms with E-state index >= 15 is 0 Å². The van der Waals surface area contributed by atoms with Crippen LogP contribution in [-0.2, 0) is 10.8 Å². The predicted molar refractivity (Wildman–Crippen MR) is 58.8 cm³/mol. The number of benzene rings is 1. The number of rotatable bonds is 1. The highest BCUT2D eigenvalue weighted by molar-refractivity contribution is 7.85. The molecule has 0 fully saturated rings. The molecule has 1 aromatic heterocycles. The van der Waals surface area contributed by atoms with E-state index in [2.05, 4.69) is 9.97 Å². The molecule has 0 saturated heterocycles. The Labute approximate surface area is 97.9 Å². The molecule has 1 atom stereocenters. The molecule has 0 bridgehead atoms. The van der Waals surface area contributed by atoms with E-state index in [0.717, 1.165) is 0 Å². The molecule has 7 heteroatoms. The molecule has 0 N–H and O–H groups in total. The summed E-state index contributed by atoms with van der Waals surface area (Å²) in [6.45, 7) is 0. The molecule has 0 saturated carbocycles. The molecule has 2 aromatic rings. The lowest BCUT2D eigenvalue weighted by Crippen LogP contribution is -1.98. The zero-order chi connectivity index (χ0) is 12.0. The van der Waals surface area contributed by atoms with Crippen molar-refractivity contribution < 1.29 is 9.13 Å². The van der Waals surface area contributed by atoms with Crippen LogP contribution in [0.3, 0.4) is 0 Å². The molecule has 3 rings (SSSR count). The van der Waals surface area contributed by atoms with Crippen LogP contribution in [0.2, 0.25) is 0 Å². The van der Waals surface area contributed by atoms with Crippen molar-refractivity contribution in [1.82, 2.24) is 9.97 Å². The monoisotopic (exact) mass is 247 g/mol. The minimum atomic E-state index is -1.34. The molecular formula is C10H5N3O3S. The van der Waals surface area contributed by atoms with Gasteiger partial charge in [-0.15, -0.1) is 0 Å². The molecule has 0 amide bonds. The summed E-state index contributed by atoms with van der Waals surface area (Å²) in [4.78, 5) is 18.4. The zero-order valence-electron chi connectivity index (χ0n) is 8.36. The molecule has 17 heavy (non-hydrogen) atoms. The van der Waals surface area contributed by atoms with Gasteiger partial charge in [-0.1, -0.05) is 28.2 Å². The van der Waals surface area contributed by atoms with Gasteiger partial charge < -0.3 is 10.1 Å². The second-order valence-electron chi connectivity index (χ2n) is 3.40. The van der Waals surface area contributed by atoms with Crippen LogP contribution in [-0.4, -0.2) is 19.1 Å². The first-order valence-corrected chi connectivity index (χ1v) is 5.86. The molecule has 1 aliphatic rings. The second kappa shape index (κ2) is 3.42. The third-order valence-corrected chi connectivity index (χ3v) is 3.90. The van der Waals surface area contributed by atoms with E-state index in [0.29, 0.717) is 21.0 Å².